The van der Waals surface area contributed by atoms with Gasteiger partial charge in [0.25, 0.3) is 5.90 Å². The fourth-order valence-electron chi connectivity index (χ4n) is 3.10. The van der Waals surface area contributed by atoms with Crippen molar-refractivity contribution in [1.29, 1.82) is 0 Å². The number of imidazole rings is 1. The van der Waals surface area contributed by atoms with Crippen LogP contribution in [0.4, 0.5) is 5.95 Å². The Labute approximate surface area is 212 Å². The van der Waals surface area contributed by atoms with Crippen LogP contribution in [0.2, 0.25) is 0 Å². The molecule has 0 fully saturated rings. The van der Waals surface area contributed by atoms with Gasteiger partial charge in [0.2, 0.25) is 11.8 Å². The first-order chi connectivity index (χ1) is 17.1. The maximum absolute atomic E-state index is 12.8. The van der Waals surface area contributed by atoms with E-state index in [1.54, 1.807) is 41.1 Å². The molecule has 0 amide bonds. The minimum absolute atomic E-state index is 0.106. The van der Waals surface area contributed by atoms with Crippen molar-refractivity contribution in [3.8, 4) is 5.88 Å². The lowest BCUT2D eigenvalue weighted by atomic mass is 10.4. The van der Waals surface area contributed by atoms with E-state index in [0.717, 1.165) is 0 Å². The summed E-state index contributed by atoms with van der Waals surface area (Å²) in [5, 5.41) is 0. The molecular formula is C21H38N5O8P2+. The van der Waals surface area contributed by atoms with Gasteiger partial charge in [0.05, 0.1) is 25.1 Å². The standard InChI is InChI=1S/C21H38N5O8P2/c1-16(2)33-36(28,34-17(3)4)15-35(27)32-11-7-10-30-9-6-8-26-14-23-18-19(26)24-21(22)25-20(18)31-13-12-29-5/h14,16-17H,6-13,15H2,1-5H3,(H2,22,24,25)/q+1. The highest BCUT2D eigenvalue weighted by molar-refractivity contribution is 7.65. The summed E-state index contributed by atoms with van der Waals surface area (Å²) in [6, 6.07) is 0. The first kappa shape index (κ1) is 30.5. The van der Waals surface area contributed by atoms with E-state index in [1.165, 1.54) is 0 Å². The zero-order valence-electron chi connectivity index (χ0n) is 21.6. The van der Waals surface area contributed by atoms with E-state index in [4.69, 9.17) is 33.5 Å². The fraction of sp³-hybridized carbons (Fsp3) is 0.762. The van der Waals surface area contributed by atoms with E-state index in [2.05, 4.69) is 15.0 Å². The van der Waals surface area contributed by atoms with E-state index < -0.39 is 15.6 Å². The molecule has 0 saturated carbocycles. The number of hydrogen-bond acceptors (Lipinski definition) is 12. The molecule has 1 atom stereocenters. The Morgan fingerprint density at radius 1 is 1.03 bits per heavy atom. The summed E-state index contributed by atoms with van der Waals surface area (Å²) in [4.78, 5) is 12.7. The highest BCUT2D eigenvalue weighted by Gasteiger charge is 2.39. The van der Waals surface area contributed by atoms with E-state index in [1.807, 2.05) is 4.57 Å². The Hall–Kier alpha value is -1.72. The van der Waals surface area contributed by atoms with Crippen molar-refractivity contribution < 1.29 is 36.9 Å². The Morgan fingerprint density at radius 2 is 1.72 bits per heavy atom. The molecule has 204 valence electrons. The van der Waals surface area contributed by atoms with Gasteiger partial charge in [-0.3, -0.25) is 4.57 Å². The average molecular weight is 551 g/mol. The molecule has 0 saturated heterocycles. The normalized spacial score (nSPS) is 12.7. The van der Waals surface area contributed by atoms with E-state index >= 15 is 0 Å². The number of hydrogen-bond donors (Lipinski definition) is 1. The molecule has 2 rings (SSSR count). The molecule has 2 aromatic heterocycles. The number of aryl methyl sites for hydroxylation is 1. The smallest absolute Gasteiger partial charge is 0.474 e. The lowest BCUT2D eigenvalue weighted by Crippen LogP contribution is -2.09. The average Bonchev–Trinajstić information content (AvgIpc) is 3.17. The molecule has 0 aliphatic carbocycles. The summed E-state index contributed by atoms with van der Waals surface area (Å²) in [5.41, 5.74) is 6.94. The monoisotopic (exact) mass is 550 g/mol. The van der Waals surface area contributed by atoms with Crippen LogP contribution in [0.15, 0.2) is 6.33 Å². The third-order valence-electron chi connectivity index (χ3n) is 4.36. The predicted octanol–water partition coefficient (Wildman–Crippen LogP) is 3.99. The Kier molecular flexibility index (Phi) is 13.1. The van der Waals surface area contributed by atoms with E-state index in [0.29, 0.717) is 62.9 Å². The number of anilines is 1. The number of nitrogen functional groups attached to an aromatic ring is 1. The molecule has 2 aromatic rings. The molecule has 0 aromatic carbocycles. The highest BCUT2D eigenvalue weighted by Crippen LogP contribution is 2.56. The van der Waals surface area contributed by atoms with Gasteiger partial charge in [-0.1, -0.05) is 0 Å². The molecule has 13 nitrogen and oxygen atoms in total. The van der Waals surface area contributed by atoms with Gasteiger partial charge in [-0.15, -0.1) is 4.52 Å². The van der Waals surface area contributed by atoms with Gasteiger partial charge < -0.3 is 33.6 Å². The molecule has 1 unspecified atom stereocenters. The van der Waals surface area contributed by atoms with Crippen LogP contribution in [-0.4, -0.2) is 77.8 Å². The van der Waals surface area contributed by atoms with Crippen LogP contribution in [-0.2, 0) is 38.7 Å². The zero-order valence-corrected chi connectivity index (χ0v) is 23.4. The summed E-state index contributed by atoms with van der Waals surface area (Å²) < 4.78 is 59.2. The molecule has 0 spiro atoms. The van der Waals surface area contributed by atoms with Gasteiger partial charge in [0, 0.05) is 26.9 Å². The lowest BCUT2D eigenvalue weighted by Gasteiger charge is -2.18. The molecule has 0 aliphatic rings. The number of methoxy groups -OCH3 is 1. The Morgan fingerprint density at radius 3 is 2.39 bits per heavy atom. The van der Waals surface area contributed by atoms with Crippen LogP contribution < -0.4 is 10.5 Å². The molecule has 2 heterocycles. The summed E-state index contributed by atoms with van der Waals surface area (Å²) in [6.45, 7) is 9.51. The minimum atomic E-state index is -3.49. The lowest BCUT2D eigenvalue weighted by molar-refractivity contribution is 0.116. The molecule has 0 radical (unpaired) electrons. The van der Waals surface area contributed by atoms with Crippen molar-refractivity contribution in [3.63, 3.8) is 0 Å². The molecular weight excluding hydrogens is 512 g/mol. The molecule has 0 bridgehead atoms. The number of aromatic nitrogens is 4. The van der Waals surface area contributed by atoms with Gasteiger partial charge in [0.15, 0.2) is 11.2 Å². The van der Waals surface area contributed by atoms with Crippen molar-refractivity contribution in [2.45, 2.75) is 59.3 Å². The number of fused-ring (bicyclic) bond motifs is 1. The Bertz CT molecular complexity index is 990. The van der Waals surface area contributed by atoms with E-state index in [9.17, 15) is 9.13 Å². The highest BCUT2D eigenvalue weighted by atomic mass is 31.2. The van der Waals surface area contributed by atoms with Crippen molar-refractivity contribution in [1.82, 2.24) is 19.5 Å². The molecule has 36 heavy (non-hydrogen) atoms. The van der Waals surface area contributed by atoms with Crippen molar-refractivity contribution in [2.24, 2.45) is 0 Å². The number of ether oxygens (including phenoxy) is 3. The van der Waals surface area contributed by atoms with Gasteiger partial charge in [-0.25, -0.2) is 4.98 Å². The molecule has 0 aliphatic heterocycles. The van der Waals surface area contributed by atoms with Crippen LogP contribution in [0, 0.1) is 0 Å². The van der Waals surface area contributed by atoms with Crippen LogP contribution in [0.3, 0.4) is 0 Å². The third kappa shape index (κ3) is 10.7. The van der Waals surface area contributed by atoms with Crippen molar-refractivity contribution >= 4 is 32.7 Å². The van der Waals surface area contributed by atoms with Gasteiger partial charge in [-0.05, 0) is 45.1 Å². The number of nitrogens with two attached hydrogens (primary N) is 1. The van der Waals surface area contributed by atoms with Crippen LogP contribution in [0.25, 0.3) is 11.2 Å². The molecule has 15 heteroatoms. The van der Waals surface area contributed by atoms with Gasteiger partial charge >= 0.3 is 15.6 Å². The van der Waals surface area contributed by atoms with Crippen LogP contribution in [0.5, 0.6) is 5.88 Å². The topological polar surface area (TPSA) is 159 Å². The number of nitrogens with zero attached hydrogens (tertiary/aromatic N) is 4. The van der Waals surface area contributed by atoms with Gasteiger partial charge in [0.1, 0.15) is 13.2 Å². The van der Waals surface area contributed by atoms with Crippen molar-refractivity contribution in [2.75, 3.05) is 51.8 Å². The largest absolute Gasteiger partial charge is 0.521 e. The third-order valence-corrected chi connectivity index (χ3v) is 8.63. The summed E-state index contributed by atoms with van der Waals surface area (Å²) in [5.74, 6) is 0.158. The summed E-state index contributed by atoms with van der Waals surface area (Å²) in [6.07, 6.45) is 2.30. The fourth-order valence-corrected chi connectivity index (χ4v) is 6.76. The minimum Gasteiger partial charge on any atom is -0.474 e. The molecule has 2 N–H and O–H groups in total. The maximum Gasteiger partial charge on any atom is 0.521 e. The van der Waals surface area contributed by atoms with E-state index in [-0.39, 0.29) is 30.7 Å². The maximum atomic E-state index is 12.8. The van der Waals surface area contributed by atoms with Crippen molar-refractivity contribution in [3.05, 3.63) is 6.33 Å². The predicted molar refractivity (Wildman–Crippen MR) is 136 cm³/mol. The summed E-state index contributed by atoms with van der Waals surface area (Å²) in [7, 11) is -4.08. The second-order valence-electron chi connectivity index (χ2n) is 8.38. The van der Waals surface area contributed by atoms with Crippen LogP contribution >= 0.6 is 15.6 Å². The first-order valence-corrected chi connectivity index (χ1v) is 14.9. The SMILES string of the molecule is COCCOc1nc(N)nc2c1ncn2CCCOCCCO[P+](=O)CP(=O)(OC(C)C)OC(C)C. The zero-order chi connectivity index (χ0) is 26.6. The number of rotatable bonds is 19. The quantitative estimate of drug-likeness (QED) is 0.198. The Balaban J connectivity index is 1.68. The summed E-state index contributed by atoms with van der Waals surface area (Å²) >= 11 is 0. The first-order valence-electron chi connectivity index (χ1n) is 11.8. The second-order valence-corrected chi connectivity index (χ2v) is 12.1. The second kappa shape index (κ2) is 15.5. The van der Waals surface area contributed by atoms with Gasteiger partial charge in [-0.2, -0.15) is 9.97 Å². The van der Waals surface area contributed by atoms with Crippen LogP contribution in [0.1, 0.15) is 40.5 Å².